The first-order valence-corrected chi connectivity index (χ1v) is 8.93. The Balaban J connectivity index is 1.55. The predicted molar refractivity (Wildman–Crippen MR) is 99.3 cm³/mol. The second kappa shape index (κ2) is 5.46. The summed E-state index contributed by atoms with van der Waals surface area (Å²) in [5.74, 6) is 1.13. The second-order valence-corrected chi connectivity index (χ2v) is 8.46. The lowest BCUT2D eigenvalue weighted by Gasteiger charge is -2.54. The molecule has 0 bridgehead atoms. The summed E-state index contributed by atoms with van der Waals surface area (Å²) in [5.41, 5.74) is 6.95. The Labute approximate surface area is 148 Å². The van der Waals surface area contributed by atoms with Gasteiger partial charge in [-0.3, -0.25) is 9.69 Å². The second-order valence-electron chi connectivity index (χ2n) is 8.46. The summed E-state index contributed by atoms with van der Waals surface area (Å²) in [7, 11) is 1.69. The van der Waals surface area contributed by atoms with E-state index in [9.17, 15) is 4.79 Å². The van der Waals surface area contributed by atoms with Crippen LogP contribution in [-0.4, -0.2) is 31.0 Å². The third-order valence-corrected chi connectivity index (χ3v) is 6.34. The number of fused-ring (bicyclic) bond motifs is 2. The number of amides is 1. The number of ether oxygens (including phenoxy) is 1. The molecule has 2 aromatic carbocycles. The van der Waals surface area contributed by atoms with Crippen LogP contribution in [0.1, 0.15) is 25.8 Å². The van der Waals surface area contributed by atoms with Crippen molar-refractivity contribution in [2.75, 3.05) is 20.2 Å². The molecule has 4 nitrogen and oxygen atoms in total. The molecule has 1 aliphatic carbocycles. The maximum atomic E-state index is 12.1. The molecule has 2 fully saturated rings. The summed E-state index contributed by atoms with van der Waals surface area (Å²) in [6, 6.07) is 12.7. The maximum Gasteiger partial charge on any atom is 0.225 e. The zero-order valence-corrected chi connectivity index (χ0v) is 15.2. The minimum absolute atomic E-state index is 0.120. The van der Waals surface area contributed by atoms with E-state index >= 15 is 0 Å². The fourth-order valence-electron chi connectivity index (χ4n) is 5.20. The van der Waals surface area contributed by atoms with E-state index in [1.54, 1.807) is 7.11 Å². The van der Waals surface area contributed by atoms with Crippen LogP contribution in [0.5, 0.6) is 5.75 Å². The molecular weight excluding hydrogens is 312 g/mol. The fourth-order valence-corrected chi connectivity index (χ4v) is 5.20. The Bertz CT molecular complexity index is 845. The highest BCUT2D eigenvalue weighted by Gasteiger charge is 2.65. The van der Waals surface area contributed by atoms with Crippen LogP contribution < -0.4 is 10.5 Å². The SMILES string of the molecule is COc1ccc2cc(CN3C[C@@H]4C(C)(C)C[C@]4(C(N)=O)C3)ccc2c1. The lowest BCUT2D eigenvalue weighted by molar-refractivity contribution is -0.148. The summed E-state index contributed by atoms with van der Waals surface area (Å²) >= 11 is 0. The van der Waals surface area contributed by atoms with Gasteiger partial charge in [-0.1, -0.05) is 32.0 Å². The van der Waals surface area contributed by atoms with Crippen LogP contribution in [0.15, 0.2) is 36.4 Å². The van der Waals surface area contributed by atoms with Crippen molar-refractivity contribution in [1.82, 2.24) is 4.90 Å². The number of hydrogen-bond acceptors (Lipinski definition) is 3. The molecule has 1 saturated heterocycles. The van der Waals surface area contributed by atoms with Gasteiger partial charge in [0.1, 0.15) is 5.75 Å². The lowest BCUT2D eigenvalue weighted by atomic mass is 9.48. The van der Waals surface area contributed by atoms with Crippen LogP contribution in [0.25, 0.3) is 10.8 Å². The third kappa shape index (κ3) is 2.51. The number of nitrogens with two attached hydrogens (primary N) is 1. The largest absolute Gasteiger partial charge is 0.497 e. The first kappa shape index (κ1) is 16.4. The van der Waals surface area contributed by atoms with Crippen LogP contribution in [0.4, 0.5) is 0 Å². The summed E-state index contributed by atoms with van der Waals surface area (Å²) in [5, 5.41) is 2.39. The van der Waals surface area contributed by atoms with E-state index in [1.807, 2.05) is 6.07 Å². The average Bonchev–Trinajstić information content (AvgIpc) is 2.89. The molecule has 0 radical (unpaired) electrons. The van der Waals surface area contributed by atoms with E-state index in [0.717, 1.165) is 31.8 Å². The molecule has 4 heteroatoms. The monoisotopic (exact) mass is 338 g/mol. The van der Waals surface area contributed by atoms with Crippen LogP contribution in [0, 0.1) is 16.7 Å². The Hall–Kier alpha value is -2.07. The molecule has 2 aliphatic rings. The summed E-state index contributed by atoms with van der Waals surface area (Å²) in [6.45, 7) is 7.12. The topological polar surface area (TPSA) is 55.6 Å². The van der Waals surface area contributed by atoms with Gasteiger partial charge in [0.05, 0.1) is 12.5 Å². The molecule has 1 aliphatic heterocycles. The highest BCUT2D eigenvalue weighted by atomic mass is 16.5. The molecule has 2 atom stereocenters. The molecule has 132 valence electrons. The van der Waals surface area contributed by atoms with Crippen LogP contribution in [0.2, 0.25) is 0 Å². The highest BCUT2D eigenvalue weighted by molar-refractivity contribution is 5.85. The van der Waals surface area contributed by atoms with E-state index in [2.05, 4.69) is 49.1 Å². The summed E-state index contributed by atoms with van der Waals surface area (Å²) in [6.07, 6.45) is 0.911. The summed E-state index contributed by atoms with van der Waals surface area (Å²) < 4.78 is 5.29. The molecule has 0 spiro atoms. The Kier molecular flexibility index (Phi) is 3.58. The molecule has 1 amide bonds. The number of nitrogens with zero attached hydrogens (tertiary/aromatic N) is 1. The minimum atomic E-state index is -0.312. The van der Waals surface area contributed by atoms with Gasteiger partial charge in [-0.25, -0.2) is 0 Å². The Morgan fingerprint density at radius 1 is 1.24 bits per heavy atom. The standard InChI is InChI=1S/C21H26N2O2/c1-20(2)12-21(19(22)24)13-23(11-18(20)21)10-14-4-5-16-9-17(25-3)7-6-15(16)8-14/h4-9,18H,10-13H2,1-3H3,(H2,22,24)/t18-,21+/m1/s1. The van der Waals surface area contributed by atoms with Crippen molar-refractivity contribution in [3.05, 3.63) is 42.0 Å². The van der Waals surface area contributed by atoms with Gasteiger partial charge in [0.15, 0.2) is 0 Å². The smallest absolute Gasteiger partial charge is 0.225 e. The van der Waals surface area contributed by atoms with Gasteiger partial charge in [0.2, 0.25) is 5.91 Å². The number of methoxy groups -OCH3 is 1. The van der Waals surface area contributed by atoms with E-state index in [0.29, 0.717) is 5.92 Å². The highest BCUT2D eigenvalue weighted by Crippen LogP contribution is 2.62. The van der Waals surface area contributed by atoms with Gasteiger partial charge in [0.25, 0.3) is 0 Å². The van der Waals surface area contributed by atoms with Crippen LogP contribution in [-0.2, 0) is 11.3 Å². The van der Waals surface area contributed by atoms with Crippen molar-refractivity contribution in [1.29, 1.82) is 0 Å². The van der Waals surface area contributed by atoms with Crippen molar-refractivity contribution in [2.24, 2.45) is 22.5 Å². The zero-order valence-electron chi connectivity index (χ0n) is 15.2. The van der Waals surface area contributed by atoms with Crippen molar-refractivity contribution < 1.29 is 9.53 Å². The Morgan fingerprint density at radius 2 is 1.96 bits per heavy atom. The molecular formula is C21H26N2O2. The van der Waals surface area contributed by atoms with Crippen LogP contribution in [0.3, 0.4) is 0 Å². The predicted octanol–water partition coefficient (Wildman–Crippen LogP) is 3.18. The molecule has 2 N–H and O–H groups in total. The molecule has 1 saturated carbocycles. The third-order valence-electron chi connectivity index (χ3n) is 6.34. The quantitative estimate of drug-likeness (QED) is 0.931. The number of likely N-dealkylation sites (tertiary alicyclic amines) is 1. The average molecular weight is 338 g/mol. The van der Waals surface area contributed by atoms with E-state index in [-0.39, 0.29) is 16.7 Å². The van der Waals surface area contributed by atoms with E-state index < -0.39 is 0 Å². The van der Waals surface area contributed by atoms with Gasteiger partial charge in [-0.05, 0) is 52.3 Å². The van der Waals surface area contributed by atoms with Crippen molar-refractivity contribution in [3.8, 4) is 5.75 Å². The van der Waals surface area contributed by atoms with E-state index in [1.165, 1.54) is 16.3 Å². The Morgan fingerprint density at radius 3 is 2.60 bits per heavy atom. The van der Waals surface area contributed by atoms with Gasteiger partial charge in [-0.15, -0.1) is 0 Å². The van der Waals surface area contributed by atoms with Crippen LogP contribution >= 0.6 is 0 Å². The molecule has 4 rings (SSSR count). The molecule has 0 aromatic heterocycles. The number of benzene rings is 2. The fraction of sp³-hybridized carbons (Fsp3) is 0.476. The summed E-state index contributed by atoms with van der Waals surface area (Å²) in [4.78, 5) is 14.5. The van der Waals surface area contributed by atoms with Gasteiger partial charge in [0, 0.05) is 19.6 Å². The molecule has 1 heterocycles. The minimum Gasteiger partial charge on any atom is -0.497 e. The first-order chi connectivity index (χ1) is 11.8. The van der Waals surface area contributed by atoms with Gasteiger partial charge in [-0.2, -0.15) is 0 Å². The van der Waals surface area contributed by atoms with E-state index in [4.69, 9.17) is 10.5 Å². The molecule has 2 aromatic rings. The normalized spacial score (nSPS) is 27.7. The number of primary amides is 1. The van der Waals surface area contributed by atoms with Gasteiger partial charge < -0.3 is 10.5 Å². The zero-order chi connectivity index (χ0) is 17.8. The maximum absolute atomic E-state index is 12.1. The molecule has 0 unspecified atom stereocenters. The van der Waals surface area contributed by atoms with Crippen molar-refractivity contribution in [2.45, 2.75) is 26.8 Å². The van der Waals surface area contributed by atoms with Crippen molar-refractivity contribution in [3.63, 3.8) is 0 Å². The van der Waals surface area contributed by atoms with Crippen molar-refractivity contribution >= 4 is 16.7 Å². The number of rotatable bonds is 4. The number of carbonyl (C=O) groups is 1. The van der Waals surface area contributed by atoms with Gasteiger partial charge >= 0.3 is 0 Å². The number of hydrogen-bond donors (Lipinski definition) is 1. The first-order valence-electron chi connectivity index (χ1n) is 8.93. The molecule has 25 heavy (non-hydrogen) atoms. The lowest BCUT2D eigenvalue weighted by Crippen LogP contribution is -2.59. The number of carbonyl (C=O) groups excluding carboxylic acids is 1.